The summed E-state index contributed by atoms with van der Waals surface area (Å²) in [6, 6.07) is 0. The number of rotatable bonds is 16. The maximum Gasteiger partial charge on any atom is 0.217 e. The first-order chi connectivity index (χ1) is 25.7. The van der Waals surface area contributed by atoms with Crippen LogP contribution in [0.15, 0.2) is 0 Å². The SMILES string of the molecule is COC1OC(CO)C(O)C(OC2OC(COS(=O)(=O)[O-])C(OC3OC(CO)C(O)C(OC4OC(COS(=O)(=O)[O-])C(OC)C(O)C4O)C3O)C(O)C2O)C1O. The van der Waals surface area contributed by atoms with Crippen LogP contribution in [0.2, 0.25) is 0 Å². The zero-order valence-electron chi connectivity index (χ0n) is 28.6. The molecule has 4 heterocycles. The standard InChI is InChI=1S/C26H46O27S2/c1-43-19-9(5-45-54(37,38)39)49-24(15(33)13(19)31)53-22-12(30)8(4-28)48-26(18(22)36)51-20-10(6-46-55(40,41)42)50-25(16(34)14(20)32)52-21-11(29)7(3-27)47-23(44-2)17(21)35/h7-36H,3-6H2,1-2H3,(H,37,38,39)(H,40,41,42)/p-2. The molecule has 4 fully saturated rings. The van der Waals surface area contributed by atoms with Gasteiger partial charge in [-0.1, -0.05) is 0 Å². The molecule has 27 nitrogen and oxygen atoms in total. The van der Waals surface area contributed by atoms with Crippen molar-refractivity contribution in [3.8, 4) is 0 Å². The van der Waals surface area contributed by atoms with Gasteiger partial charge in [-0.3, -0.25) is 8.37 Å². The molecule has 20 atom stereocenters. The molecule has 4 saturated heterocycles. The largest absolute Gasteiger partial charge is 0.726 e. The quantitative estimate of drug-likeness (QED) is 0.0509. The Labute approximate surface area is 312 Å². The van der Waals surface area contributed by atoms with Gasteiger partial charge in [0, 0.05) is 14.2 Å². The van der Waals surface area contributed by atoms with Crippen LogP contribution in [-0.2, 0) is 71.8 Å². The molecule has 324 valence electrons. The maximum absolute atomic E-state index is 11.4. The van der Waals surface area contributed by atoms with E-state index in [-0.39, 0.29) is 0 Å². The summed E-state index contributed by atoms with van der Waals surface area (Å²) in [4.78, 5) is 0. The first-order valence-corrected chi connectivity index (χ1v) is 18.8. The zero-order valence-corrected chi connectivity index (χ0v) is 30.2. The maximum atomic E-state index is 11.4. The normalized spacial score (nSPS) is 46.1. The average Bonchev–Trinajstić information content (AvgIpc) is 3.12. The number of methoxy groups -OCH3 is 2. The van der Waals surface area contributed by atoms with Gasteiger partial charge in [-0.25, -0.2) is 16.8 Å². The number of hydrogen-bond donors (Lipinski definition) is 10. The predicted octanol–water partition coefficient (Wildman–Crippen LogP) is -9.47. The van der Waals surface area contributed by atoms with Crippen molar-refractivity contribution in [1.82, 2.24) is 0 Å². The lowest BCUT2D eigenvalue weighted by Crippen LogP contribution is -2.67. The summed E-state index contributed by atoms with van der Waals surface area (Å²) in [5.74, 6) is 0. The van der Waals surface area contributed by atoms with E-state index in [4.69, 9.17) is 42.6 Å². The third kappa shape index (κ3) is 11.2. The van der Waals surface area contributed by atoms with Gasteiger partial charge in [-0.2, -0.15) is 0 Å². The second-order valence-corrected chi connectivity index (χ2v) is 14.7. The molecular weight excluding hydrogens is 808 g/mol. The van der Waals surface area contributed by atoms with Gasteiger partial charge in [0.05, 0.1) is 26.4 Å². The number of ether oxygens (including phenoxy) is 9. The van der Waals surface area contributed by atoms with E-state index in [0.29, 0.717) is 0 Å². The van der Waals surface area contributed by atoms with Crippen LogP contribution in [0.3, 0.4) is 0 Å². The van der Waals surface area contributed by atoms with Crippen LogP contribution in [-0.4, -0.2) is 240 Å². The molecule has 0 aliphatic carbocycles. The molecule has 0 spiro atoms. The summed E-state index contributed by atoms with van der Waals surface area (Å²) in [6.07, 6.45) is -38.3. The predicted molar refractivity (Wildman–Crippen MR) is 161 cm³/mol. The van der Waals surface area contributed by atoms with Crippen molar-refractivity contribution in [2.75, 3.05) is 40.6 Å². The zero-order chi connectivity index (χ0) is 41.2. The third-order valence-corrected chi connectivity index (χ3v) is 9.91. The van der Waals surface area contributed by atoms with E-state index in [0.717, 1.165) is 14.2 Å². The fraction of sp³-hybridized carbons (Fsp3) is 1.00. The lowest BCUT2D eigenvalue weighted by Gasteiger charge is -2.49. The smallest absolute Gasteiger partial charge is 0.217 e. The van der Waals surface area contributed by atoms with Gasteiger partial charge in [0.1, 0.15) is 97.7 Å². The molecule has 4 aliphatic heterocycles. The minimum Gasteiger partial charge on any atom is -0.726 e. The highest BCUT2D eigenvalue weighted by molar-refractivity contribution is 7.81. The molecule has 55 heavy (non-hydrogen) atoms. The highest BCUT2D eigenvalue weighted by Gasteiger charge is 2.55. The first kappa shape index (κ1) is 46.7. The Kier molecular flexibility index (Phi) is 16.4. The van der Waals surface area contributed by atoms with Crippen LogP contribution in [0.25, 0.3) is 0 Å². The molecule has 4 rings (SSSR count). The molecule has 0 radical (unpaired) electrons. The van der Waals surface area contributed by atoms with Crippen molar-refractivity contribution in [3.63, 3.8) is 0 Å². The first-order valence-electron chi connectivity index (χ1n) is 16.2. The van der Waals surface area contributed by atoms with Gasteiger partial charge in [0.25, 0.3) is 0 Å². The van der Waals surface area contributed by atoms with Gasteiger partial charge in [-0.15, -0.1) is 0 Å². The van der Waals surface area contributed by atoms with Crippen LogP contribution in [0, 0.1) is 0 Å². The summed E-state index contributed by atoms with van der Waals surface area (Å²) >= 11 is 0. The topological polar surface area (TPSA) is 418 Å². The number of aliphatic hydroxyl groups is 10. The second-order valence-electron chi connectivity index (χ2n) is 12.6. The third-order valence-electron chi connectivity index (χ3n) is 9.06. The van der Waals surface area contributed by atoms with Crippen LogP contribution in [0.5, 0.6) is 0 Å². The molecule has 0 aromatic carbocycles. The van der Waals surface area contributed by atoms with E-state index in [1.807, 2.05) is 0 Å². The molecule has 29 heteroatoms. The highest BCUT2D eigenvalue weighted by atomic mass is 32.3. The minimum atomic E-state index is -5.49. The molecule has 10 N–H and O–H groups in total. The van der Waals surface area contributed by atoms with Gasteiger partial charge in [0.15, 0.2) is 25.2 Å². The molecule has 4 aliphatic rings. The molecule has 0 bridgehead atoms. The Hall–Kier alpha value is -1.02. The summed E-state index contributed by atoms with van der Waals surface area (Å²) in [5.41, 5.74) is 0. The van der Waals surface area contributed by atoms with Crippen LogP contribution < -0.4 is 0 Å². The van der Waals surface area contributed by atoms with Gasteiger partial charge in [0.2, 0.25) is 20.8 Å². The number of aliphatic hydroxyl groups excluding tert-OH is 10. The van der Waals surface area contributed by atoms with Crippen LogP contribution in [0.4, 0.5) is 0 Å². The Morgan fingerprint density at radius 3 is 1.20 bits per heavy atom. The Balaban J connectivity index is 1.57. The van der Waals surface area contributed by atoms with E-state index >= 15 is 0 Å². The fourth-order valence-electron chi connectivity index (χ4n) is 6.26. The van der Waals surface area contributed by atoms with Crippen molar-refractivity contribution < 1.29 is 128 Å². The van der Waals surface area contributed by atoms with Crippen molar-refractivity contribution in [3.05, 3.63) is 0 Å². The highest BCUT2D eigenvalue weighted by Crippen LogP contribution is 2.35. The van der Waals surface area contributed by atoms with E-state index < -0.39 is 170 Å². The van der Waals surface area contributed by atoms with E-state index in [1.54, 1.807) is 0 Å². The summed E-state index contributed by atoms with van der Waals surface area (Å²) < 4.78 is 124. The van der Waals surface area contributed by atoms with E-state index in [9.17, 15) is 77.0 Å². The van der Waals surface area contributed by atoms with Gasteiger partial charge >= 0.3 is 0 Å². The van der Waals surface area contributed by atoms with Crippen molar-refractivity contribution in [2.24, 2.45) is 0 Å². The Morgan fingerprint density at radius 1 is 0.455 bits per heavy atom. The van der Waals surface area contributed by atoms with Gasteiger partial charge in [-0.05, 0) is 0 Å². The van der Waals surface area contributed by atoms with Crippen molar-refractivity contribution in [1.29, 1.82) is 0 Å². The van der Waals surface area contributed by atoms with E-state index in [2.05, 4.69) is 8.37 Å². The molecule has 20 unspecified atom stereocenters. The van der Waals surface area contributed by atoms with Crippen LogP contribution in [0.1, 0.15) is 0 Å². The molecule has 0 amide bonds. The lowest BCUT2D eigenvalue weighted by molar-refractivity contribution is -0.389. The Morgan fingerprint density at radius 2 is 0.800 bits per heavy atom. The second kappa shape index (κ2) is 19.4. The molecule has 0 saturated carbocycles. The van der Waals surface area contributed by atoms with Gasteiger partial charge < -0.3 is 103 Å². The molecule has 0 aromatic heterocycles. The summed E-state index contributed by atoms with van der Waals surface area (Å²) in [6.45, 7) is -4.19. The average molecular weight is 853 g/mol. The van der Waals surface area contributed by atoms with Crippen molar-refractivity contribution >= 4 is 20.8 Å². The summed E-state index contributed by atoms with van der Waals surface area (Å²) in [5, 5.41) is 106. The van der Waals surface area contributed by atoms with Crippen LogP contribution >= 0.6 is 0 Å². The summed E-state index contributed by atoms with van der Waals surface area (Å²) in [7, 11) is -8.65. The fourth-order valence-corrected chi connectivity index (χ4v) is 6.87. The molecular formula is C26H44O27S2-2. The molecule has 0 aromatic rings. The van der Waals surface area contributed by atoms with Crippen molar-refractivity contribution in [2.45, 2.75) is 123 Å². The monoisotopic (exact) mass is 852 g/mol. The number of hydrogen-bond acceptors (Lipinski definition) is 27. The lowest BCUT2D eigenvalue weighted by atomic mass is 9.95. The Bertz CT molecular complexity index is 1410. The minimum absolute atomic E-state index is 0.809. The van der Waals surface area contributed by atoms with E-state index in [1.165, 1.54) is 0 Å².